The molecule has 0 atom stereocenters. The Morgan fingerprint density at radius 3 is 2.85 bits per heavy atom. The van der Waals surface area contributed by atoms with Gasteiger partial charge in [0.25, 0.3) is 5.56 Å². The Kier molecular flexibility index (Phi) is 4.55. The van der Waals surface area contributed by atoms with Crippen LogP contribution in [0.4, 0.5) is 0 Å². The SMILES string of the molecule is Cc1cc(=O)n(CCOc2cccc(B(O)O)c2)cn1. The second-order valence-corrected chi connectivity index (χ2v) is 4.36. The fraction of sp³-hybridized carbons (Fsp3) is 0.231. The van der Waals surface area contributed by atoms with Gasteiger partial charge in [-0.05, 0) is 24.5 Å². The number of nitrogens with zero attached hydrogens (tertiary/aromatic N) is 2. The summed E-state index contributed by atoms with van der Waals surface area (Å²) in [4.78, 5) is 15.7. The van der Waals surface area contributed by atoms with E-state index in [4.69, 9.17) is 14.8 Å². The van der Waals surface area contributed by atoms with Crippen molar-refractivity contribution in [3.05, 3.63) is 52.7 Å². The van der Waals surface area contributed by atoms with Crippen molar-refractivity contribution < 1.29 is 14.8 Å². The lowest BCUT2D eigenvalue weighted by molar-refractivity contribution is 0.295. The zero-order chi connectivity index (χ0) is 14.5. The molecule has 0 radical (unpaired) electrons. The maximum atomic E-state index is 11.6. The van der Waals surface area contributed by atoms with Crippen molar-refractivity contribution in [3.8, 4) is 5.75 Å². The molecule has 2 N–H and O–H groups in total. The van der Waals surface area contributed by atoms with Crippen molar-refractivity contribution in [3.63, 3.8) is 0 Å². The van der Waals surface area contributed by atoms with E-state index >= 15 is 0 Å². The molecule has 0 spiro atoms. The van der Waals surface area contributed by atoms with Gasteiger partial charge in [-0.25, -0.2) is 4.98 Å². The molecule has 104 valence electrons. The molecule has 2 rings (SSSR count). The molecular weight excluding hydrogens is 259 g/mol. The molecule has 0 saturated heterocycles. The minimum absolute atomic E-state index is 0.124. The molecule has 6 nitrogen and oxygen atoms in total. The van der Waals surface area contributed by atoms with Gasteiger partial charge in [-0.1, -0.05) is 12.1 Å². The quantitative estimate of drug-likeness (QED) is 0.705. The maximum Gasteiger partial charge on any atom is 0.488 e. The molecule has 0 aliphatic rings. The predicted octanol–water partition coefficient (Wildman–Crippen LogP) is -0.689. The second-order valence-electron chi connectivity index (χ2n) is 4.36. The third-order valence-corrected chi connectivity index (χ3v) is 2.77. The lowest BCUT2D eigenvalue weighted by atomic mass is 9.80. The standard InChI is InChI=1S/C13H15BN2O4/c1-10-7-13(17)16(9-15-10)5-6-20-12-4-2-3-11(8-12)14(18)19/h2-4,7-9,18-19H,5-6H2,1H3. The molecule has 1 heterocycles. The van der Waals surface area contributed by atoms with Gasteiger partial charge in [0.05, 0.1) is 12.9 Å². The minimum Gasteiger partial charge on any atom is -0.492 e. The van der Waals surface area contributed by atoms with Gasteiger partial charge in [-0.3, -0.25) is 9.36 Å². The molecule has 0 saturated carbocycles. The van der Waals surface area contributed by atoms with Crippen LogP contribution in [0.3, 0.4) is 0 Å². The first-order valence-electron chi connectivity index (χ1n) is 6.18. The monoisotopic (exact) mass is 274 g/mol. The fourth-order valence-electron chi connectivity index (χ4n) is 1.71. The van der Waals surface area contributed by atoms with E-state index in [2.05, 4.69) is 4.98 Å². The summed E-state index contributed by atoms with van der Waals surface area (Å²) in [5.41, 5.74) is 0.911. The Labute approximate surface area is 116 Å². The summed E-state index contributed by atoms with van der Waals surface area (Å²) < 4.78 is 6.93. The van der Waals surface area contributed by atoms with Crippen molar-refractivity contribution in [1.29, 1.82) is 0 Å². The number of hydrogen-bond donors (Lipinski definition) is 2. The van der Waals surface area contributed by atoms with Crippen LogP contribution in [0.15, 0.2) is 41.5 Å². The molecule has 0 aliphatic heterocycles. The van der Waals surface area contributed by atoms with E-state index in [1.54, 1.807) is 31.2 Å². The molecule has 7 heteroatoms. The average molecular weight is 274 g/mol. The van der Waals surface area contributed by atoms with Crippen LogP contribution in [-0.2, 0) is 6.54 Å². The average Bonchev–Trinajstić information content (AvgIpc) is 2.41. The Morgan fingerprint density at radius 1 is 1.35 bits per heavy atom. The van der Waals surface area contributed by atoms with Crippen LogP contribution in [0, 0.1) is 6.92 Å². The van der Waals surface area contributed by atoms with Gasteiger partial charge in [-0.2, -0.15) is 0 Å². The largest absolute Gasteiger partial charge is 0.492 e. The van der Waals surface area contributed by atoms with Crippen molar-refractivity contribution in [1.82, 2.24) is 9.55 Å². The minimum atomic E-state index is -1.53. The number of hydrogen-bond acceptors (Lipinski definition) is 5. The summed E-state index contributed by atoms with van der Waals surface area (Å²) in [5, 5.41) is 18.1. The van der Waals surface area contributed by atoms with Crippen LogP contribution < -0.4 is 15.8 Å². The van der Waals surface area contributed by atoms with Crippen molar-refractivity contribution in [2.45, 2.75) is 13.5 Å². The van der Waals surface area contributed by atoms with Gasteiger partial charge in [0.1, 0.15) is 12.4 Å². The Morgan fingerprint density at radius 2 is 2.15 bits per heavy atom. The number of ether oxygens (including phenoxy) is 1. The van der Waals surface area contributed by atoms with Gasteiger partial charge in [0.2, 0.25) is 0 Å². The molecule has 0 aliphatic carbocycles. The summed E-state index contributed by atoms with van der Waals surface area (Å²) in [7, 11) is -1.53. The van der Waals surface area contributed by atoms with Crippen molar-refractivity contribution in [2.75, 3.05) is 6.61 Å². The summed E-state index contributed by atoms with van der Waals surface area (Å²) in [6.45, 7) is 2.42. The summed E-state index contributed by atoms with van der Waals surface area (Å²) in [6.07, 6.45) is 1.48. The van der Waals surface area contributed by atoms with Crippen LogP contribution in [0.1, 0.15) is 5.69 Å². The number of rotatable bonds is 5. The molecule has 20 heavy (non-hydrogen) atoms. The number of benzene rings is 1. The van der Waals surface area contributed by atoms with Crippen LogP contribution in [0.2, 0.25) is 0 Å². The van der Waals surface area contributed by atoms with Crippen molar-refractivity contribution in [2.24, 2.45) is 0 Å². The van der Waals surface area contributed by atoms with Crippen LogP contribution in [0.25, 0.3) is 0 Å². The first-order valence-corrected chi connectivity index (χ1v) is 6.18. The molecule has 1 aromatic heterocycles. The van der Waals surface area contributed by atoms with Gasteiger partial charge in [-0.15, -0.1) is 0 Å². The summed E-state index contributed by atoms with van der Waals surface area (Å²) in [6, 6.07) is 7.97. The molecule has 2 aromatic rings. The number of aryl methyl sites for hydroxylation is 1. The highest BCUT2D eigenvalue weighted by molar-refractivity contribution is 6.58. The van der Waals surface area contributed by atoms with Crippen molar-refractivity contribution >= 4 is 12.6 Å². The van der Waals surface area contributed by atoms with E-state index in [9.17, 15) is 4.79 Å². The summed E-state index contributed by atoms with van der Waals surface area (Å²) in [5.74, 6) is 0.517. The van der Waals surface area contributed by atoms with E-state index < -0.39 is 7.12 Å². The van der Waals surface area contributed by atoms with Gasteiger partial charge in [0.15, 0.2) is 0 Å². The van der Waals surface area contributed by atoms with Crippen LogP contribution in [-0.4, -0.2) is 33.3 Å². The highest BCUT2D eigenvalue weighted by atomic mass is 16.5. The van der Waals surface area contributed by atoms with E-state index in [1.807, 2.05) is 0 Å². The normalized spacial score (nSPS) is 10.3. The second kappa shape index (κ2) is 6.36. The zero-order valence-corrected chi connectivity index (χ0v) is 11.1. The molecule has 0 fully saturated rings. The predicted molar refractivity (Wildman–Crippen MR) is 75.0 cm³/mol. The van der Waals surface area contributed by atoms with Gasteiger partial charge < -0.3 is 14.8 Å². The van der Waals surface area contributed by atoms with E-state index in [0.717, 1.165) is 0 Å². The third kappa shape index (κ3) is 3.69. The molecular formula is C13H15BN2O4. The highest BCUT2D eigenvalue weighted by Gasteiger charge is 2.10. The Hall–Kier alpha value is -2.12. The smallest absolute Gasteiger partial charge is 0.488 e. The van der Waals surface area contributed by atoms with Gasteiger partial charge in [0, 0.05) is 11.8 Å². The first kappa shape index (κ1) is 14.3. The van der Waals surface area contributed by atoms with Gasteiger partial charge >= 0.3 is 7.12 Å². The summed E-state index contributed by atoms with van der Waals surface area (Å²) >= 11 is 0. The third-order valence-electron chi connectivity index (χ3n) is 2.77. The highest BCUT2D eigenvalue weighted by Crippen LogP contribution is 2.07. The van der Waals surface area contributed by atoms with E-state index in [-0.39, 0.29) is 12.2 Å². The topological polar surface area (TPSA) is 84.6 Å². The fourth-order valence-corrected chi connectivity index (χ4v) is 1.71. The molecule has 1 aromatic carbocycles. The maximum absolute atomic E-state index is 11.6. The molecule has 0 bridgehead atoms. The lowest BCUT2D eigenvalue weighted by Crippen LogP contribution is -2.29. The molecule has 0 amide bonds. The molecule has 0 unspecified atom stereocenters. The lowest BCUT2D eigenvalue weighted by Gasteiger charge is -2.09. The van der Waals surface area contributed by atoms with Crippen LogP contribution >= 0.6 is 0 Å². The first-order chi connectivity index (χ1) is 9.56. The zero-order valence-electron chi connectivity index (χ0n) is 11.1. The Bertz CT molecular complexity index is 642. The van der Waals surface area contributed by atoms with Crippen LogP contribution in [0.5, 0.6) is 5.75 Å². The van der Waals surface area contributed by atoms with E-state index in [1.165, 1.54) is 17.0 Å². The Balaban J connectivity index is 1.96. The number of aromatic nitrogens is 2. The van der Waals surface area contributed by atoms with E-state index in [0.29, 0.717) is 23.5 Å².